The van der Waals surface area contributed by atoms with Gasteiger partial charge in [-0.3, -0.25) is 0 Å². The van der Waals surface area contributed by atoms with Crippen LogP contribution in [-0.2, 0) is 6.18 Å². The highest BCUT2D eigenvalue weighted by Gasteiger charge is 2.35. The molecule has 0 spiro atoms. The molecule has 0 amide bonds. The number of nitrogens with one attached hydrogen (secondary N) is 1. The molecule has 0 unspecified atom stereocenters. The fourth-order valence-electron chi connectivity index (χ4n) is 1.61. The predicted octanol–water partition coefficient (Wildman–Crippen LogP) is 3.16. The van der Waals surface area contributed by atoms with E-state index in [9.17, 15) is 13.2 Å². The van der Waals surface area contributed by atoms with Crippen LogP contribution in [0.3, 0.4) is 0 Å². The summed E-state index contributed by atoms with van der Waals surface area (Å²) in [6.45, 7) is 0.802. The molecule has 0 aromatic heterocycles. The van der Waals surface area contributed by atoms with Gasteiger partial charge in [0.15, 0.2) is 0 Å². The molecule has 1 aromatic rings. The third kappa shape index (κ3) is 2.44. The van der Waals surface area contributed by atoms with E-state index in [2.05, 4.69) is 5.32 Å². The van der Waals surface area contributed by atoms with Gasteiger partial charge in [0.1, 0.15) is 0 Å². The van der Waals surface area contributed by atoms with Crippen LogP contribution in [0.2, 0.25) is 0 Å². The molecule has 1 fully saturated rings. The smallest absolute Gasteiger partial charge is 0.310 e. The quantitative estimate of drug-likeness (QED) is 0.791. The fourth-order valence-corrected chi connectivity index (χ4v) is 1.61. The lowest BCUT2D eigenvalue weighted by molar-refractivity contribution is -0.138. The Kier molecular flexibility index (Phi) is 3.62. The van der Waals surface area contributed by atoms with Gasteiger partial charge in [0.25, 0.3) is 0 Å². The van der Waals surface area contributed by atoms with Gasteiger partial charge < -0.3 is 5.32 Å². The predicted molar refractivity (Wildman–Crippen MR) is 54.1 cm³/mol. The summed E-state index contributed by atoms with van der Waals surface area (Å²) in [5, 5.41) is 2.97. The summed E-state index contributed by atoms with van der Waals surface area (Å²) >= 11 is 0. The molecule has 1 nitrogen and oxygen atoms in total. The highest BCUT2D eigenvalue weighted by Crippen LogP contribution is 2.36. The van der Waals surface area contributed by atoms with E-state index < -0.39 is 11.7 Å². The summed E-state index contributed by atoms with van der Waals surface area (Å²) in [5.74, 6) is 0. The van der Waals surface area contributed by atoms with Crippen molar-refractivity contribution in [1.82, 2.24) is 5.32 Å². The molecule has 84 valence electrons. The summed E-state index contributed by atoms with van der Waals surface area (Å²) in [5.41, 5.74) is -0.150. The minimum Gasteiger partial charge on any atom is -0.310 e. The van der Waals surface area contributed by atoms with Crippen molar-refractivity contribution < 1.29 is 13.2 Å². The number of alkyl halides is 3. The molecule has 0 saturated carbocycles. The van der Waals surface area contributed by atoms with Gasteiger partial charge in [-0.1, -0.05) is 18.2 Å². The van der Waals surface area contributed by atoms with Crippen LogP contribution in [0.25, 0.3) is 0 Å². The minimum absolute atomic E-state index is 0. The topological polar surface area (TPSA) is 12.0 Å². The average molecular weight is 238 g/mol. The molecule has 1 aliphatic heterocycles. The van der Waals surface area contributed by atoms with Crippen LogP contribution in [-0.4, -0.2) is 6.54 Å². The highest BCUT2D eigenvalue weighted by molar-refractivity contribution is 5.85. The zero-order valence-electron chi connectivity index (χ0n) is 7.84. The lowest BCUT2D eigenvalue weighted by Crippen LogP contribution is -2.36. The lowest BCUT2D eigenvalue weighted by atomic mass is 9.93. The largest absolute Gasteiger partial charge is 0.416 e. The van der Waals surface area contributed by atoms with E-state index in [1.165, 1.54) is 6.07 Å². The Morgan fingerprint density at radius 1 is 1.20 bits per heavy atom. The molecule has 0 aliphatic carbocycles. The average Bonchev–Trinajstić information content (AvgIpc) is 2.00. The van der Waals surface area contributed by atoms with E-state index in [-0.39, 0.29) is 18.4 Å². The molecule has 15 heavy (non-hydrogen) atoms. The normalized spacial score (nSPS) is 20.3. The maximum atomic E-state index is 12.5. The molecular formula is C10H11ClF3N. The first kappa shape index (κ1) is 12.3. The highest BCUT2D eigenvalue weighted by atomic mass is 35.5. The van der Waals surface area contributed by atoms with Crippen molar-refractivity contribution in [2.75, 3.05) is 6.54 Å². The summed E-state index contributed by atoms with van der Waals surface area (Å²) in [6.07, 6.45) is -3.46. The minimum atomic E-state index is -4.24. The van der Waals surface area contributed by atoms with Crippen molar-refractivity contribution in [3.63, 3.8) is 0 Å². The van der Waals surface area contributed by atoms with Gasteiger partial charge in [-0.2, -0.15) is 13.2 Å². The number of benzene rings is 1. The van der Waals surface area contributed by atoms with E-state index in [1.807, 2.05) is 0 Å². The Hall–Kier alpha value is -0.740. The standard InChI is InChI=1S/C10H10F3N.ClH/c11-10(12,13)8-4-2-1-3-7(8)9-5-6-14-9;/h1-4,9,14H,5-6H2;1H/t9-;/m0./s1. The van der Waals surface area contributed by atoms with Crippen LogP contribution >= 0.6 is 12.4 Å². The maximum Gasteiger partial charge on any atom is 0.416 e. The number of hydrogen-bond donors (Lipinski definition) is 1. The van der Waals surface area contributed by atoms with Gasteiger partial charge in [0, 0.05) is 6.04 Å². The molecule has 0 bridgehead atoms. The van der Waals surface area contributed by atoms with E-state index >= 15 is 0 Å². The number of hydrogen-bond acceptors (Lipinski definition) is 1. The SMILES string of the molecule is Cl.FC(F)(F)c1ccccc1[C@@H]1CCN1. The first-order chi connectivity index (χ1) is 6.59. The molecule has 1 aromatic carbocycles. The van der Waals surface area contributed by atoms with Crippen LogP contribution in [0.15, 0.2) is 24.3 Å². The van der Waals surface area contributed by atoms with E-state index in [1.54, 1.807) is 12.1 Å². The van der Waals surface area contributed by atoms with Gasteiger partial charge in [-0.15, -0.1) is 12.4 Å². The zero-order chi connectivity index (χ0) is 10.2. The molecule has 1 saturated heterocycles. The van der Waals surface area contributed by atoms with Crippen LogP contribution in [0.1, 0.15) is 23.6 Å². The maximum absolute atomic E-state index is 12.5. The van der Waals surface area contributed by atoms with Crippen molar-refractivity contribution >= 4 is 12.4 Å². The Bertz CT molecular complexity index is 334. The monoisotopic (exact) mass is 237 g/mol. The first-order valence-electron chi connectivity index (χ1n) is 4.48. The second kappa shape index (κ2) is 4.41. The summed E-state index contributed by atoms with van der Waals surface area (Å²) in [4.78, 5) is 0. The van der Waals surface area contributed by atoms with Crippen LogP contribution < -0.4 is 5.32 Å². The molecule has 1 aliphatic rings. The molecule has 1 atom stereocenters. The summed E-state index contributed by atoms with van der Waals surface area (Å²) in [6, 6.07) is 5.62. The molecule has 1 N–H and O–H groups in total. The summed E-state index contributed by atoms with van der Waals surface area (Å²) < 4.78 is 37.6. The van der Waals surface area contributed by atoms with Gasteiger partial charge in [0.05, 0.1) is 5.56 Å². The van der Waals surface area contributed by atoms with Crippen LogP contribution in [0.4, 0.5) is 13.2 Å². The van der Waals surface area contributed by atoms with Gasteiger partial charge in [-0.05, 0) is 24.6 Å². The Morgan fingerprint density at radius 2 is 1.80 bits per heavy atom. The van der Waals surface area contributed by atoms with Crippen molar-refractivity contribution in [2.45, 2.75) is 18.6 Å². The molecule has 2 rings (SSSR count). The van der Waals surface area contributed by atoms with Gasteiger partial charge >= 0.3 is 6.18 Å². The first-order valence-corrected chi connectivity index (χ1v) is 4.48. The van der Waals surface area contributed by atoms with Crippen molar-refractivity contribution in [1.29, 1.82) is 0 Å². The van der Waals surface area contributed by atoms with Gasteiger partial charge in [-0.25, -0.2) is 0 Å². The Labute approximate surface area is 92.1 Å². The third-order valence-electron chi connectivity index (χ3n) is 2.47. The lowest BCUT2D eigenvalue weighted by Gasteiger charge is -2.30. The molecular weight excluding hydrogens is 227 g/mol. The molecule has 1 heterocycles. The van der Waals surface area contributed by atoms with E-state index in [0.29, 0.717) is 5.56 Å². The molecule has 0 radical (unpaired) electrons. The van der Waals surface area contributed by atoms with Crippen molar-refractivity contribution in [2.24, 2.45) is 0 Å². The second-order valence-corrected chi connectivity index (χ2v) is 3.38. The fraction of sp³-hybridized carbons (Fsp3) is 0.400. The second-order valence-electron chi connectivity index (χ2n) is 3.38. The zero-order valence-corrected chi connectivity index (χ0v) is 8.66. The molecule has 5 heteroatoms. The number of rotatable bonds is 1. The van der Waals surface area contributed by atoms with Crippen LogP contribution in [0, 0.1) is 0 Å². The van der Waals surface area contributed by atoms with Crippen LogP contribution in [0.5, 0.6) is 0 Å². The van der Waals surface area contributed by atoms with Crippen molar-refractivity contribution in [3.8, 4) is 0 Å². The number of halogens is 4. The van der Waals surface area contributed by atoms with E-state index in [4.69, 9.17) is 0 Å². The Balaban J connectivity index is 0.00000112. The van der Waals surface area contributed by atoms with Crippen molar-refractivity contribution in [3.05, 3.63) is 35.4 Å². The third-order valence-corrected chi connectivity index (χ3v) is 2.47. The Morgan fingerprint density at radius 3 is 2.27 bits per heavy atom. The summed E-state index contributed by atoms with van der Waals surface area (Å²) in [7, 11) is 0. The van der Waals surface area contributed by atoms with Gasteiger partial charge in [0.2, 0.25) is 0 Å². The van der Waals surface area contributed by atoms with E-state index in [0.717, 1.165) is 19.0 Å².